The normalized spacial score (nSPS) is 19.1. The van der Waals surface area contributed by atoms with Crippen molar-refractivity contribution in [3.8, 4) is 6.07 Å². The van der Waals surface area contributed by atoms with Gasteiger partial charge in [0.2, 0.25) is 11.8 Å². The number of nitriles is 1. The summed E-state index contributed by atoms with van der Waals surface area (Å²) in [4.78, 5) is 44.1. The van der Waals surface area contributed by atoms with Crippen molar-refractivity contribution in [1.29, 1.82) is 5.26 Å². The molecule has 3 amide bonds. The molecule has 1 aromatic heterocycles. The SMILES string of the molecule is CCCC(C)(C)[C@H](NC(=O)C(F)(F)F)C(=O)N1CC[C@H](C)[C@H]1C(=O)N[C@@H](C#N)c1cncc2cc(F)c(F)cc12. The van der Waals surface area contributed by atoms with Gasteiger partial charge < -0.3 is 15.5 Å². The Morgan fingerprint density at radius 3 is 2.40 bits per heavy atom. The van der Waals surface area contributed by atoms with Crippen molar-refractivity contribution in [2.45, 2.75) is 71.3 Å². The molecular formula is C27H30F5N5O3. The van der Waals surface area contributed by atoms with Crippen LogP contribution in [0.15, 0.2) is 24.5 Å². The van der Waals surface area contributed by atoms with Gasteiger partial charge >= 0.3 is 12.1 Å². The van der Waals surface area contributed by atoms with Gasteiger partial charge in [0.1, 0.15) is 18.1 Å². The van der Waals surface area contributed by atoms with Crippen LogP contribution in [0.1, 0.15) is 58.6 Å². The second kappa shape index (κ2) is 11.7. The number of hydrogen-bond acceptors (Lipinski definition) is 5. The van der Waals surface area contributed by atoms with Gasteiger partial charge in [-0.2, -0.15) is 18.4 Å². The molecule has 0 aliphatic carbocycles. The predicted molar refractivity (Wildman–Crippen MR) is 134 cm³/mol. The first kappa shape index (κ1) is 30.7. The number of fused-ring (bicyclic) bond motifs is 1. The second-order valence-electron chi connectivity index (χ2n) is 10.7. The lowest BCUT2D eigenvalue weighted by Crippen LogP contribution is -2.60. The summed E-state index contributed by atoms with van der Waals surface area (Å²) >= 11 is 0. The van der Waals surface area contributed by atoms with Crippen LogP contribution in [0.5, 0.6) is 0 Å². The highest BCUT2D eigenvalue weighted by Gasteiger charge is 2.49. The van der Waals surface area contributed by atoms with Gasteiger partial charge in [0.25, 0.3) is 0 Å². The number of likely N-dealkylation sites (tertiary alicyclic amines) is 1. The molecule has 0 bridgehead atoms. The van der Waals surface area contributed by atoms with E-state index in [1.54, 1.807) is 27.7 Å². The monoisotopic (exact) mass is 567 g/mol. The minimum absolute atomic E-state index is 0.0379. The number of aromatic nitrogens is 1. The largest absolute Gasteiger partial charge is 0.471 e. The third-order valence-corrected chi connectivity index (χ3v) is 7.26. The van der Waals surface area contributed by atoms with Gasteiger partial charge in [-0.25, -0.2) is 8.78 Å². The van der Waals surface area contributed by atoms with Crippen molar-refractivity contribution in [2.75, 3.05) is 6.54 Å². The van der Waals surface area contributed by atoms with Gasteiger partial charge in [0, 0.05) is 29.9 Å². The molecule has 1 fully saturated rings. The third kappa shape index (κ3) is 6.32. The van der Waals surface area contributed by atoms with Gasteiger partial charge in [-0.05, 0) is 41.7 Å². The number of nitrogens with one attached hydrogen (secondary N) is 2. The summed E-state index contributed by atoms with van der Waals surface area (Å²) in [7, 11) is 0. The number of carbonyl (C=O) groups is 3. The molecule has 0 radical (unpaired) electrons. The van der Waals surface area contributed by atoms with E-state index in [0.29, 0.717) is 19.3 Å². The van der Waals surface area contributed by atoms with Crippen LogP contribution in [-0.4, -0.2) is 52.4 Å². The molecule has 2 heterocycles. The minimum Gasteiger partial charge on any atom is -0.336 e. The Balaban J connectivity index is 1.93. The predicted octanol–water partition coefficient (Wildman–Crippen LogP) is 4.30. The summed E-state index contributed by atoms with van der Waals surface area (Å²) in [5.41, 5.74) is -0.988. The van der Waals surface area contributed by atoms with Gasteiger partial charge in [-0.1, -0.05) is 34.1 Å². The van der Waals surface area contributed by atoms with Gasteiger partial charge in [0.15, 0.2) is 11.6 Å². The van der Waals surface area contributed by atoms with Gasteiger partial charge in [0.05, 0.1) is 6.07 Å². The Bertz CT molecular complexity index is 1340. The summed E-state index contributed by atoms with van der Waals surface area (Å²) in [6.07, 6.45) is -1.55. The van der Waals surface area contributed by atoms with Crippen LogP contribution < -0.4 is 10.6 Å². The standard InChI is InChI=1S/C27H30F5N5O3/c1-5-7-26(3,4)22(36-25(40)27(30,31)32)24(39)37-8-6-14(2)21(37)23(38)35-20(11-33)17-13-34-12-15-9-18(28)19(29)10-16(15)17/h9-10,12-14,20-22H,5-8H2,1-4H3,(H,35,38)(H,36,40)/t14-,20-,21-,22+/m0/s1. The molecule has 3 rings (SSSR count). The molecule has 13 heteroatoms. The molecule has 4 atom stereocenters. The van der Waals surface area contributed by atoms with Crippen LogP contribution in [0.2, 0.25) is 0 Å². The lowest BCUT2D eigenvalue weighted by molar-refractivity contribution is -0.176. The van der Waals surface area contributed by atoms with Gasteiger partial charge in [-0.3, -0.25) is 19.4 Å². The topological polar surface area (TPSA) is 115 Å². The fraction of sp³-hybridized carbons (Fsp3) is 0.519. The van der Waals surface area contributed by atoms with E-state index in [0.717, 1.165) is 17.0 Å². The molecule has 40 heavy (non-hydrogen) atoms. The zero-order valence-corrected chi connectivity index (χ0v) is 22.4. The Hall–Kier alpha value is -3.82. The summed E-state index contributed by atoms with van der Waals surface area (Å²) in [5.74, 6) is -6.59. The Morgan fingerprint density at radius 2 is 1.80 bits per heavy atom. The second-order valence-corrected chi connectivity index (χ2v) is 10.7. The summed E-state index contributed by atoms with van der Waals surface area (Å²) < 4.78 is 67.0. The zero-order chi connectivity index (χ0) is 30.0. The maximum Gasteiger partial charge on any atom is 0.471 e. The van der Waals surface area contributed by atoms with Crippen molar-refractivity contribution >= 4 is 28.5 Å². The molecule has 1 aliphatic heterocycles. The average Bonchev–Trinajstić information content (AvgIpc) is 3.26. The number of hydrogen-bond donors (Lipinski definition) is 2. The molecule has 0 unspecified atom stereocenters. The van der Waals surface area contributed by atoms with E-state index in [9.17, 15) is 41.6 Å². The van der Waals surface area contributed by atoms with Crippen LogP contribution in [0, 0.1) is 34.3 Å². The number of alkyl halides is 3. The quantitative estimate of drug-likeness (QED) is 0.462. The lowest BCUT2D eigenvalue weighted by Gasteiger charge is -2.38. The van der Waals surface area contributed by atoms with Crippen LogP contribution in [0.25, 0.3) is 10.8 Å². The van der Waals surface area contributed by atoms with E-state index in [2.05, 4.69) is 10.3 Å². The Morgan fingerprint density at radius 1 is 1.15 bits per heavy atom. The van der Waals surface area contributed by atoms with E-state index in [1.165, 1.54) is 12.4 Å². The molecule has 8 nitrogen and oxygen atoms in total. The van der Waals surface area contributed by atoms with E-state index >= 15 is 0 Å². The smallest absolute Gasteiger partial charge is 0.336 e. The molecule has 1 saturated heterocycles. The van der Waals surface area contributed by atoms with Crippen LogP contribution in [0.4, 0.5) is 22.0 Å². The van der Waals surface area contributed by atoms with Crippen molar-refractivity contribution in [2.24, 2.45) is 11.3 Å². The minimum atomic E-state index is -5.22. The average molecular weight is 568 g/mol. The molecular weight excluding hydrogens is 537 g/mol. The Labute approximate surface area is 227 Å². The number of halogens is 5. The highest BCUT2D eigenvalue weighted by atomic mass is 19.4. The van der Waals surface area contributed by atoms with Crippen LogP contribution in [0.3, 0.4) is 0 Å². The number of rotatable bonds is 8. The maximum atomic E-state index is 14.0. The fourth-order valence-electron chi connectivity index (χ4n) is 5.18. The van der Waals surface area contributed by atoms with Crippen LogP contribution in [-0.2, 0) is 14.4 Å². The van der Waals surface area contributed by atoms with Crippen molar-refractivity contribution in [3.05, 3.63) is 41.7 Å². The number of pyridine rings is 1. The Kier molecular flexibility index (Phi) is 9.01. The van der Waals surface area contributed by atoms with E-state index < -0.39 is 65.0 Å². The highest BCUT2D eigenvalue weighted by molar-refractivity contribution is 5.94. The number of amides is 3. The molecule has 2 aromatic rings. The molecule has 1 aliphatic rings. The first-order valence-corrected chi connectivity index (χ1v) is 12.7. The lowest BCUT2D eigenvalue weighted by atomic mass is 9.79. The number of benzene rings is 1. The maximum absolute atomic E-state index is 14.0. The zero-order valence-electron chi connectivity index (χ0n) is 22.4. The molecule has 216 valence electrons. The third-order valence-electron chi connectivity index (χ3n) is 7.26. The summed E-state index contributed by atoms with van der Waals surface area (Å²) in [5, 5.41) is 14.5. The molecule has 0 spiro atoms. The first-order chi connectivity index (χ1) is 18.6. The van der Waals surface area contributed by atoms with Gasteiger partial charge in [-0.15, -0.1) is 0 Å². The summed E-state index contributed by atoms with van der Waals surface area (Å²) in [6.45, 7) is 6.62. The van der Waals surface area contributed by atoms with E-state index in [4.69, 9.17) is 0 Å². The van der Waals surface area contributed by atoms with E-state index in [1.807, 2.05) is 11.4 Å². The van der Waals surface area contributed by atoms with Crippen molar-refractivity contribution in [1.82, 2.24) is 20.5 Å². The molecule has 2 N–H and O–H groups in total. The molecule has 1 aromatic carbocycles. The summed E-state index contributed by atoms with van der Waals surface area (Å²) in [6, 6.07) is -0.421. The number of carbonyl (C=O) groups excluding carboxylic acids is 3. The van der Waals surface area contributed by atoms with Crippen LogP contribution >= 0.6 is 0 Å². The molecule has 0 saturated carbocycles. The fourth-order valence-corrected chi connectivity index (χ4v) is 5.18. The van der Waals surface area contributed by atoms with Crippen molar-refractivity contribution in [3.63, 3.8) is 0 Å². The highest BCUT2D eigenvalue weighted by Crippen LogP contribution is 2.33. The van der Waals surface area contributed by atoms with E-state index in [-0.39, 0.29) is 22.9 Å². The first-order valence-electron chi connectivity index (χ1n) is 12.7. The van der Waals surface area contributed by atoms with Crippen molar-refractivity contribution < 1.29 is 36.3 Å². The number of nitrogens with zero attached hydrogens (tertiary/aromatic N) is 3.